The van der Waals surface area contributed by atoms with Crippen molar-refractivity contribution in [2.45, 2.75) is 25.5 Å². The van der Waals surface area contributed by atoms with E-state index in [0.717, 1.165) is 24.1 Å². The van der Waals surface area contributed by atoms with E-state index in [1.54, 1.807) is 11.1 Å². The Hall–Kier alpha value is -2.14. The van der Waals surface area contributed by atoms with Crippen LogP contribution in [0.2, 0.25) is 0 Å². The van der Waals surface area contributed by atoms with Gasteiger partial charge in [-0.3, -0.25) is 4.79 Å². The monoisotopic (exact) mass is 285 g/mol. The summed E-state index contributed by atoms with van der Waals surface area (Å²) in [6.07, 6.45) is 5.28. The molecule has 0 aliphatic carbocycles. The Morgan fingerprint density at radius 2 is 2.24 bits per heavy atom. The molecule has 0 spiro atoms. The highest BCUT2D eigenvalue weighted by Gasteiger charge is 2.26. The van der Waals surface area contributed by atoms with Gasteiger partial charge in [-0.25, -0.2) is 4.68 Å². The Kier molecular flexibility index (Phi) is 4.01. The second kappa shape index (κ2) is 6.10. The quantitative estimate of drug-likeness (QED) is 0.863. The Morgan fingerprint density at radius 3 is 2.95 bits per heavy atom. The first-order chi connectivity index (χ1) is 10.2. The molecule has 1 amide bonds. The number of rotatable bonds is 4. The zero-order valence-corrected chi connectivity index (χ0v) is 12.1. The topological polar surface area (TPSA) is 47.4 Å². The second-order valence-electron chi connectivity index (χ2n) is 5.32. The molecule has 0 saturated carbocycles. The first-order valence-corrected chi connectivity index (χ1v) is 7.19. The maximum Gasteiger partial charge on any atom is 0.251 e. The molecule has 1 fully saturated rings. The molecule has 0 N–H and O–H groups in total. The first-order valence-electron chi connectivity index (χ1n) is 7.19. The largest absolute Gasteiger partial charge is 0.368 e. The molecule has 1 aromatic carbocycles. The number of aromatic nitrogens is 2. The number of carbonyl (C=O) groups excluding carboxylic acids is 1. The third kappa shape index (κ3) is 3.13. The summed E-state index contributed by atoms with van der Waals surface area (Å²) < 4.78 is 7.26. The second-order valence-corrected chi connectivity index (χ2v) is 5.32. The molecule has 1 saturated heterocycles. The molecule has 21 heavy (non-hydrogen) atoms. The van der Waals surface area contributed by atoms with Crippen LogP contribution in [0.4, 0.5) is 0 Å². The molecule has 0 radical (unpaired) electrons. The number of carbonyl (C=O) groups is 1. The molecular formula is C16H19N3O2. The SMILES string of the molecule is CN(Cc1cnn(-c2ccccc2)c1)C(=O)[C@@H]1CCCO1. The van der Waals surface area contributed by atoms with E-state index in [1.165, 1.54) is 0 Å². The van der Waals surface area contributed by atoms with Crippen LogP contribution in [0.3, 0.4) is 0 Å². The minimum atomic E-state index is -0.265. The summed E-state index contributed by atoms with van der Waals surface area (Å²) in [7, 11) is 1.81. The van der Waals surface area contributed by atoms with Crippen LogP contribution in [0.25, 0.3) is 5.69 Å². The van der Waals surface area contributed by atoms with Crippen LogP contribution in [-0.2, 0) is 16.1 Å². The van der Waals surface area contributed by atoms with Crippen molar-refractivity contribution in [2.75, 3.05) is 13.7 Å². The fraction of sp³-hybridized carbons (Fsp3) is 0.375. The third-order valence-corrected chi connectivity index (χ3v) is 3.66. The summed E-state index contributed by atoms with van der Waals surface area (Å²) in [6, 6.07) is 9.92. The van der Waals surface area contributed by atoms with Gasteiger partial charge < -0.3 is 9.64 Å². The lowest BCUT2D eigenvalue weighted by Crippen LogP contribution is -2.35. The van der Waals surface area contributed by atoms with E-state index >= 15 is 0 Å². The summed E-state index contributed by atoms with van der Waals surface area (Å²) >= 11 is 0. The molecule has 1 aliphatic heterocycles. The summed E-state index contributed by atoms with van der Waals surface area (Å²) in [6.45, 7) is 1.24. The molecule has 0 unspecified atom stereocenters. The highest BCUT2D eigenvalue weighted by Crippen LogP contribution is 2.16. The van der Waals surface area contributed by atoms with E-state index < -0.39 is 0 Å². The van der Waals surface area contributed by atoms with Crippen molar-refractivity contribution in [3.8, 4) is 5.69 Å². The van der Waals surface area contributed by atoms with Gasteiger partial charge in [0.15, 0.2) is 0 Å². The van der Waals surface area contributed by atoms with Crippen LogP contribution >= 0.6 is 0 Å². The number of amides is 1. The molecule has 2 heterocycles. The Labute approximate surface area is 124 Å². The molecular weight excluding hydrogens is 266 g/mol. The predicted octanol–water partition coefficient (Wildman–Crippen LogP) is 2.01. The molecule has 3 rings (SSSR count). The van der Waals surface area contributed by atoms with Crippen LogP contribution in [0.5, 0.6) is 0 Å². The molecule has 0 bridgehead atoms. The Bertz CT molecular complexity index is 603. The zero-order chi connectivity index (χ0) is 14.7. The van der Waals surface area contributed by atoms with Gasteiger partial charge in [0, 0.05) is 32.0 Å². The predicted molar refractivity (Wildman–Crippen MR) is 79.0 cm³/mol. The lowest BCUT2D eigenvalue weighted by Gasteiger charge is -2.19. The van der Waals surface area contributed by atoms with Crippen molar-refractivity contribution in [1.29, 1.82) is 0 Å². The Balaban J connectivity index is 1.65. The maximum atomic E-state index is 12.2. The summed E-state index contributed by atoms with van der Waals surface area (Å²) in [4.78, 5) is 13.9. The minimum Gasteiger partial charge on any atom is -0.368 e. The van der Waals surface area contributed by atoms with Gasteiger partial charge in [0.1, 0.15) is 6.10 Å². The van der Waals surface area contributed by atoms with Gasteiger partial charge in [-0.2, -0.15) is 5.10 Å². The van der Waals surface area contributed by atoms with E-state index in [0.29, 0.717) is 13.2 Å². The number of hydrogen-bond donors (Lipinski definition) is 0. The van der Waals surface area contributed by atoms with Crippen LogP contribution in [0.15, 0.2) is 42.7 Å². The number of para-hydroxylation sites is 1. The van der Waals surface area contributed by atoms with E-state index in [1.807, 2.05) is 48.3 Å². The van der Waals surface area contributed by atoms with Crippen LogP contribution in [-0.4, -0.2) is 40.3 Å². The number of ether oxygens (including phenoxy) is 1. The minimum absolute atomic E-state index is 0.0555. The number of hydrogen-bond acceptors (Lipinski definition) is 3. The highest BCUT2D eigenvalue weighted by molar-refractivity contribution is 5.80. The van der Waals surface area contributed by atoms with Crippen molar-refractivity contribution < 1.29 is 9.53 Å². The van der Waals surface area contributed by atoms with Crippen molar-refractivity contribution in [2.24, 2.45) is 0 Å². The van der Waals surface area contributed by atoms with Crippen molar-refractivity contribution >= 4 is 5.91 Å². The van der Waals surface area contributed by atoms with Gasteiger partial charge in [0.05, 0.1) is 11.9 Å². The first kappa shape index (κ1) is 13.8. The Morgan fingerprint density at radius 1 is 1.43 bits per heavy atom. The number of benzene rings is 1. The van der Waals surface area contributed by atoms with Crippen LogP contribution < -0.4 is 0 Å². The van der Waals surface area contributed by atoms with Gasteiger partial charge in [-0.05, 0) is 25.0 Å². The average Bonchev–Trinajstić information content (AvgIpc) is 3.19. The van der Waals surface area contributed by atoms with Crippen LogP contribution in [0.1, 0.15) is 18.4 Å². The molecule has 1 aromatic heterocycles. The zero-order valence-electron chi connectivity index (χ0n) is 12.1. The molecule has 5 heteroatoms. The fourth-order valence-electron chi connectivity index (χ4n) is 2.53. The van der Waals surface area contributed by atoms with Gasteiger partial charge >= 0.3 is 0 Å². The normalized spacial score (nSPS) is 17.9. The number of nitrogens with zero attached hydrogens (tertiary/aromatic N) is 3. The van der Waals surface area contributed by atoms with Crippen molar-refractivity contribution in [3.63, 3.8) is 0 Å². The average molecular weight is 285 g/mol. The van der Waals surface area contributed by atoms with Crippen molar-refractivity contribution in [1.82, 2.24) is 14.7 Å². The van der Waals surface area contributed by atoms with E-state index in [-0.39, 0.29) is 12.0 Å². The molecule has 1 aliphatic rings. The van der Waals surface area contributed by atoms with Gasteiger partial charge in [-0.1, -0.05) is 18.2 Å². The van der Waals surface area contributed by atoms with E-state index in [9.17, 15) is 4.79 Å². The molecule has 1 atom stereocenters. The molecule has 110 valence electrons. The maximum absolute atomic E-state index is 12.2. The summed E-state index contributed by atoms with van der Waals surface area (Å²) in [5.41, 5.74) is 2.02. The smallest absolute Gasteiger partial charge is 0.251 e. The highest BCUT2D eigenvalue weighted by atomic mass is 16.5. The van der Waals surface area contributed by atoms with Gasteiger partial charge in [0.2, 0.25) is 0 Å². The van der Waals surface area contributed by atoms with Crippen LogP contribution in [0, 0.1) is 0 Å². The molecule has 2 aromatic rings. The summed E-state index contributed by atoms with van der Waals surface area (Å²) in [5, 5.41) is 4.34. The lowest BCUT2D eigenvalue weighted by molar-refractivity contribution is -0.140. The third-order valence-electron chi connectivity index (χ3n) is 3.66. The fourth-order valence-corrected chi connectivity index (χ4v) is 2.53. The van der Waals surface area contributed by atoms with Gasteiger partial charge in [-0.15, -0.1) is 0 Å². The number of likely N-dealkylation sites (N-methyl/N-ethyl adjacent to an activating group) is 1. The standard InChI is InChI=1S/C16H19N3O2/c1-18(16(20)15-8-5-9-21-15)11-13-10-17-19(12-13)14-6-3-2-4-7-14/h2-4,6-7,10,12,15H,5,8-9,11H2,1H3/t15-/m0/s1. The van der Waals surface area contributed by atoms with Gasteiger partial charge in [0.25, 0.3) is 5.91 Å². The van der Waals surface area contributed by atoms with Crippen molar-refractivity contribution in [3.05, 3.63) is 48.3 Å². The summed E-state index contributed by atoms with van der Waals surface area (Å²) in [5.74, 6) is 0.0555. The molecule has 5 nitrogen and oxygen atoms in total. The lowest BCUT2D eigenvalue weighted by atomic mass is 10.2. The van der Waals surface area contributed by atoms with E-state index in [2.05, 4.69) is 5.10 Å². The van der Waals surface area contributed by atoms with E-state index in [4.69, 9.17) is 4.74 Å².